The van der Waals surface area contributed by atoms with Crippen LogP contribution in [0.25, 0.3) is 0 Å². The van der Waals surface area contributed by atoms with E-state index in [1.807, 2.05) is 6.07 Å². The van der Waals surface area contributed by atoms with Gasteiger partial charge in [-0.1, -0.05) is 18.5 Å². The molecule has 1 heterocycles. The van der Waals surface area contributed by atoms with E-state index in [0.717, 1.165) is 31.5 Å². The van der Waals surface area contributed by atoms with Crippen LogP contribution in [-0.4, -0.2) is 17.6 Å². The number of hydrogen-bond acceptors (Lipinski definition) is 3. The monoisotopic (exact) mass is 254 g/mol. The van der Waals surface area contributed by atoms with Gasteiger partial charge in [-0.3, -0.25) is 0 Å². The van der Waals surface area contributed by atoms with Gasteiger partial charge in [0.25, 0.3) is 0 Å². The third kappa shape index (κ3) is 3.58. The summed E-state index contributed by atoms with van der Waals surface area (Å²) < 4.78 is 5.85. The van der Waals surface area contributed by atoms with Crippen molar-refractivity contribution in [3.05, 3.63) is 22.8 Å². The molecule has 3 nitrogen and oxygen atoms in total. The van der Waals surface area contributed by atoms with Gasteiger partial charge in [0.05, 0.1) is 5.02 Å². The summed E-state index contributed by atoms with van der Waals surface area (Å²) >= 11 is 6.09. The molecule has 0 saturated heterocycles. The number of ether oxygens (including phenoxy) is 1. The Morgan fingerprint density at radius 2 is 2.24 bits per heavy atom. The Morgan fingerprint density at radius 1 is 1.47 bits per heavy atom. The molecule has 0 unspecified atom stereocenters. The fourth-order valence-corrected chi connectivity index (χ4v) is 2.27. The van der Waals surface area contributed by atoms with Crippen LogP contribution < -0.4 is 10.1 Å². The van der Waals surface area contributed by atoms with E-state index >= 15 is 0 Å². The van der Waals surface area contributed by atoms with Gasteiger partial charge in [0.1, 0.15) is 6.10 Å². The summed E-state index contributed by atoms with van der Waals surface area (Å²) in [4.78, 5) is 4.23. The maximum Gasteiger partial charge on any atom is 0.213 e. The van der Waals surface area contributed by atoms with Crippen LogP contribution in [0.5, 0.6) is 5.88 Å². The standard InChI is InChI=1S/C13H19ClN2O/c1-2-15-8-10-7-13(16-9-12(10)14)17-11-5-3-4-6-11/h7,9,11,15H,2-6,8H2,1H3. The lowest BCUT2D eigenvalue weighted by molar-refractivity contribution is 0.201. The van der Waals surface area contributed by atoms with Crippen LogP contribution in [0.4, 0.5) is 0 Å². The Kier molecular flexibility index (Phi) is 4.63. The second kappa shape index (κ2) is 6.22. The van der Waals surface area contributed by atoms with Crippen LogP contribution in [0.3, 0.4) is 0 Å². The molecule has 1 saturated carbocycles. The lowest BCUT2D eigenvalue weighted by Gasteiger charge is -2.13. The van der Waals surface area contributed by atoms with Gasteiger partial charge in [0, 0.05) is 18.8 Å². The van der Waals surface area contributed by atoms with Crippen molar-refractivity contribution >= 4 is 11.6 Å². The van der Waals surface area contributed by atoms with E-state index in [2.05, 4.69) is 17.2 Å². The third-order valence-electron chi connectivity index (χ3n) is 3.06. The highest BCUT2D eigenvalue weighted by molar-refractivity contribution is 6.31. The van der Waals surface area contributed by atoms with Crippen LogP contribution in [-0.2, 0) is 6.54 Å². The van der Waals surface area contributed by atoms with E-state index in [1.165, 1.54) is 12.8 Å². The zero-order valence-electron chi connectivity index (χ0n) is 10.2. The molecular formula is C13H19ClN2O. The summed E-state index contributed by atoms with van der Waals surface area (Å²) in [7, 11) is 0. The summed E-state index contributed by atoms with van der Waals surface area (Å²) in [5, 5.41) is 3.96. The average molecular weight is 255 g/mol. The molecule has 1 fully saturated rings. The molecule has 1 N–H and O–H groups in total. The molecule has 17 heavy (non-hydrogen) atoms. The van der Waals surface area contributed by atoms with E-state index in [1.54, 1.807) is 6.20 Å². The van der Waals surface area contributed by atoms with Crippen molar-refractivity contribution in [2.24, 2.45) is 0 Å². The largest absolute Gasteiger partial charge is 0.474 e. The molecule has 4 heteroatoms. The second-order valence-corrected chi connectivity index (χ2v) is 4.83. The Morgan fingerprint density at radius 3 is 2.94 bits per heavy atom. The van der Waals surface area contributed by atoms with Gasteiger partial charge in [-0.05, 0) is 37.8 Å². The lowest BCUT2D eigenvalue weighted by Crippen LogP contribution is -2.14. The van der Waals surface area contributed by atoms with E-state index in [4.69, 9.17) is 16.3 Å². The van der Waals surface area contributed by atoms with E-state index in [9.17, 15) is 0 Å². The highest BCUT2D eigenvalue weighted by atomic mass is 35.5. The minimum absolute atomic E-state index is 0.343. The molecule has 1 aromatic heterocycles. The lowest BCUT2D eigenvalue weighted by atomic mass is 10.2. The zero-order chi connectivity index (χ0) is 12.1. The first kappa shape index (κ1) is 12.7. The number of nitrogens with one attached hydrogen (secondary N) is 1. The van der Waals surface area contributed by atoms with Gasteiger partial charge < -0.3 is 10.1 Å². The fraction of sp³-hybridized carbons (Fsp3) is 0.615. The summed E-state index contributed by atoms with van der Waals surface area (Å²) in [5.41, 5.74) is 1.05. The number of halogens is 1. The van der Waals surface area contributed by atoms with Crippen LogP contribution in [0.15, 0.2) is 12.3 Å². The molecule has 0 atom stereocenters. The first-order chi connectivity index (χ1) is 8.29. The van der Waals surface area contributed by atoms with Crippen molar-refractivity contribution < 1.29 is 4.74 Å². The van der Waals surface area contributed by atoms with Crippen molar-refractivity contribution in [3.8, 4) is 5.88 Å². The van der Waals surface area contributed by atoms with Crippen LogP contribution >= 0.6 is 11.6 Å². The van der Waals surface area contributed by atoms with Gasteiger partial charge in [-0.2, -0.15) is 0 Å². The number of aromatic nitrogens is 1. The van der Waals surface area contributed by atoms with Gasteiger partial charge in [0.15, 0.2) is 0 Å². The Labute approximate surface area is 108 Å². The summed E-state index contributed by atoms with van der Waals surface area (Å²) in [6.45, 7) is 3.77. The number of rotatable bonds is 5. The first-order valence-electron chi connectivity index (χ1n) is 6.31. The van der Waals surface area contributed by atoms with Crippen molar-refractivity contribution in [2.45, 2.75) is 45.3 Å². The molecular weight excluding hydrogens is 236 g/mol. The highest BCUT2D eigenvalue weighted by Gasteiger charge is 2.17. The number of hydrogen-bond donors (Lipinski definition) is 1. The molecule has 1 aromatic rings. The average Bonchev–Trinajstić information content (AvgIpc) is 2.82. The van der Waals surface area contributed by atoms with Gasteiger partial charge in [-0.15, -0.1) is 0 Å². The van der Waals surface area contributed by atoms with Gasteiger partial charge in [0.2, 0.25) is 5.88 Å². The zero-order valence-corrected chi connectivity index (χ0v) is 11.0. The number of nitrogens with zero attached hydrogens (tertiary/aromatic N) is 1. The molecule has 0 aliphatic heterocycles. The van der Waals surface area contributed by atoms with Gasteiger partial charge in [-0.25, -0.2) is 4.98 Å². The highest BCUT2D eigenvalue weighted by Crippen LogP contribution is 2.25. The molecule has 1 aliphatic rings. The second-order valence-electron chi connectivity index (χ2n) is 4.42. The Balaban J connectivity index is 2.01. The van der Waals surface area contributed by atoms with Crippen molar-refractivity contribution in [2.75, 3.05) is 6.54 Å². The maximum atomic E-state index is 6.09. The van der Waals surface area contributed by atoms with Crippen molar-refractivity contribution in [1.29, 1.82) is 0 Å². The molecule has 0 aromatic carbocycles. The molecule has 94 valence electrons. The predicted molar refractivity (Wildman–Crippen MR) is 69.5 cm³/mol. The van der Waals surface area contributed by atoms with Crippen LogP contribution in [0.1, 0.15) is 38.2 Å². The van der Waals surface area contributed by atoms with Crippen LogP contribution in [0, 0.1) is 0 Å². The third-order valence-corrected chi connectivity index (χ3v) is 3.40. The van der Waals surface area contributed by atoms with Crippen molar-refractivity contribution in [1.82, 2.24) is 10.3 Å². The maximum absolute atomic E-state index is 6.09. The topological polar surface area (TPSA) is 34.1 Å². The first-order valence-corrected chi connectivity index (χ1v) is 6.69. The molecule has 0 radical (unpaired) electrons. The quantitative estimate of drug-likeness (QED) is 0.877. The Bertz CT molecular complexity index is 364. The minimum atomic E-state index is 0.343. The van der Waals surface area contributed by atoms with Crippen LogP contribution in [0.2, 0.25) is 5.02 Å². The fourth-order valence-electron chi connectivity index (χ4n) is 2.10. The molecule has 2 rings (SSSR count). The van der Waals surface area contributed by atoms with E-state index in [0.29, 0.717) is 17.0 Å². The van der Waals surface area contributed by atoms with Crippen molar-refractivity contribution in [3.63, 3.8) is 0 Å². The smallest absolute Gasteiger partial charge is 0.213 e. The summed E-state index contributed by atoms with van der Waals surface area (Å²) in [6.07, 6.45) is 6.85. The van der Waals surface area contributed by atoms with E-state index in [-0.39, 0.29) is 0 Å². The number of pyridine rings is 1. The van der Waals surface area contributed by atoms with E-state index < -0.39 is 0 Å². The molecule has 0 amide bonds. The SMILES string of the molecule is CCNCc1cc(OC2CCCC2)ncc1Cl. The predicted octanol–water partition coefficient (Wildman–Crippen LogP) is 3.17. The molecule has 1 aliphatic carbocycles. The minimum Gasteiger partial charge on any atom is -0.474 e. The van der Waals surface area contributed by atoms with Gasteiger partial charge >= 0.3 is 0 Å². The molecule has 0 spiro atoms. The molecule has 0 bridgehead atoms. The Hall–Kier alpha value is -0.800. The summed E-state index contributed by atoms with van der Waals surface area (Å²) in [6, 6.07) is 1.95. The normalized spacial score (nSPS) is 16.4. The summed E-state index contributed by atoms with van der Waals surface area (Å²) in [5.74, 6) is 0.703.